The first-order chi connectivity index (χ1) is 12.8. The molecule has 0 aliphatic carbocycles. The molecule has 3 rings (SSSR count). The van der Waals surface area contributed by atoms with Gasteiger partial charge in [0.05, 0.1) is 11.4 Å². The Labute approximate surface area is 165 Å². The Morgan fingerprint density at radius 2 is 1.81 bits per heavy atom. The van der Waals surface area contributed by atoms with E-state index >= 15 is 0 Å². The number of hydrogen-bond acceptors (Lipinski definition) is 6. The summed E-state index contributed by atoms with van der Waals surface area (Å²) >= 11 is 2.86. The van der Waals surface area contributed by atoms with Gasteiger partial charge in [0.15, 0.2) is 5.01 Å². The zero-order valence-electron chi connectivity index (χ0n) is 15.3. The van der Waals surface area contributed by atoms with Crippen LogP contribution in [0.4, 0.5) is 5.13 Å². The van der Waals surface area contributed by atoms with E-state index in [1.807, 2.05) is 29.6 Å². The fraction of sp³-hybridized carbons (Fsp3) is 0.263. The van der Waals surface area contributed by atoms with Gasteiger partial charge in [-0.25, -0.2) is 0 Å². The van der Waals surface area contributed by atoms with Gasteiger partial charge in [0.25, 0.3) is 5.91 Å². The molecule has 0 bridgehead atoms. The summed E-state index contributed by atoms with van der Waals surface area (Å²) in [7, 11) is 0. The molecule has 8 heteroatoms. The highest BCUT2D eigenvalue weighted by Gasteiger charge is 2.15. The third-order valence-corrected chi connectivity index (χ3v) is 5.70. The van der Waals surface area contributed by atoms with Gasteiger partial charge in [-0.1, -0.05) is 50.3 Å². The molecule has 1 aromatic carbocycles. The topological polar surface area (TPSA) is 84.0 Å². The molecular weight excluding hydrogens is 380 g/mol. The molecule has 0 unspecified atom stereocenters. The number of aromatic nitrogens is 2. The van der Waals surface area contributed by atoms with Crippen molar-refractivity contribution in [3.05, 3.63) is 52.9 Å². The Morgan fingerprint density at radius 1 is 1.07 bits per heavy atom. The highest BCUT2D eigenvalue weighted by Crippen LogP contribution is 2.29. The number of nitrogens with one attached hydrogen (secondary N) is 2. The van der Waals surface area contributed by atoms with Gasteiger partial charge in [0, 0.05) is 5.56 Å². The minimum absolute atomic E-state index is 0.0264. The standard InChI is InChI=1S/C19H20N4O2S2/c1-19(2,3)13-8-6-12(7-9-13)16(25)20-11-15(24)21-18-23-22-17(27-18)14-5-4-10-26-14/h4-10H,11H2,1-3H3,(H,20,25)(H,21,23,24). The third-order valence-electron chi connectivity index (χ3n) is 3.83. The summed E-state index contributed by atoms with van der Waals surface area (Å²) in [5.74, 6) is -0.634. The van der Waals surface area contributed by atoms with Crippen molar-refractivity contribution in [1.29, 1.82) is 0 Å². The molecule has 0 saturated carbocycles. The fourth-order valence-electron chi connectivity index (χ4n) is 2.32. The number of carbonyl (C=O) groups excluding carboxylic acids is 2. The maximum absolute atomic E-state index is 12.2. The number of benzene rings is 1. The molecule has 0 spiro atoms. The van der Waals surface area contributed by atoms with Crippen LogP contribution in [0.15, 0.2) is 41.8 Å². The van der Waals surface area contributed by atoms with Gasteiger partial charge in [0.2, 0.25) is 11.0 Å². The first-order valence-electron chi connectivity index (χ1n) is 8.39. The molecule has 2 N–H and O–H groups in total. The number of rotatable bonds is 5. The van der Waals surface area contributed by atoms with E-state index in [-0.39, 0.29) is 23.8 Å². The smallest absolute Gasteiger partial charge is 0.251 e. The molecule has 0 atom stereocenters. The largest absolute Gasteiger partial charge is 0.343 e. The molecule has 140 valence electrons. The Balaban J connectivity index is 1.52. The molecule has 0 aliphatic heterocycles. The van der Waals surface area contributed by atoms with Crippen molar-refractivity contribution in [2.75, 3.05) is 11.9 Å². The van der Waals surface area contributed by atoms with Crippen LogP contribution in [0.25, 0.3) is 9.88 Å². The zero-order chi connectivity index (χ0) is 19.4. The molecule has 0 saturated heterocycles. The van der Waals surface area contributed by atoms with Crippen LogP contribution < -0.4 is 10.6 Å². The minimum Gasteiger partial charge on any atom is -0.343 e. The van der Waals surface area contributed by atoms with Crippen molar-refractivity contribution >= 4 is 39.6 Å². The number of amides is 2. The maximum atomic E-state index is 12.2. The maximum Gasteiger partial charge on any atom is 0.251 e. The summed E-state index contributed by atoms with van der Waals surface area (Å²) in [6.07, 6.45) is 0. The van der Waals surface area contributed by atoms with Crippen molar-refractivity contribution in [3.8, 4) is 9.88 Å². The fourth-order valence-corrected chi connectivity index (χ4v) is 3.87. The minimum atomic E-state index is -0.344. The Kier molecular flexibility index (Phi) is 5.67. The van der Waals surface area contributed by atoms with E-state index in [0.717, 1.165) is 15.4 Å². The number of anilines is 1. The normalized spacial score (nSPS) is 11.2. The van der Waals surface area contributed by atoms with Crippen molar-refractivity contribution in [1.82, 2.24) is 15.5 Å². The van der Waals surface area contributed by atoms with Crippen LogP contribution in [0.5, 0.6) is 0 Å². The Morgan fingerprint density at radius 3 is 2.44 bits per heavy atom. The van der Waals surface area contributed by atoms with E-state index in [2.05, 4.69) is 41.6 Å². The average molecular weight is 401 g/mol. The lowest BCUT2D eigenvalue weighted by Crippen LogP contribution is -2.32. The summed E-state index contributed by atoms with van der Waals surface area (Å²) < 4.78 is 0. The van der Waals surface area contributed by atoms with Gasteiger partial charge in [-0.15, -0.1) is 21.5 Å². The van der Waals surface area contributed by atoms with E-state index in [9.17, 15) is 9.59 Å². The van der Waals surface area contributed by atoms with Crippen LogP contribution in [0.2, 0.25) is 0 Å². The summed E-state index contributed by atoms with van der Waals surface area (Å²) in [6, 6.07) is 11.3. The molecule has 0 fully saturated rings. The molecule has 2 aromatic heterocycles. The number of hydrogen-bond donors (Lipinski definition) is 2. The number of nitrogens with zero attached hydrogens (tertiary/aromatic N) is 2. The van der Waals surface area contributed by atoms with Gasteiger partial charge in [-0.05, 0) is 34.6 Å². The second-order valence-electron chi connectivity index (χ2n) is 6.95. The van der Waals surface area contributed by atoms with E-state index in [1.54, 1.807) is 23.5 Å². The Bertz CT molecular complexity index is 926. The molecule has 2 amide bonds. The van der Waals surface area contributed by atoms with Crippen molar-refractivity contribution in [2.24, 2.45) is 0 Å². The first-order valence-corrected chi connectivity index (χ1v) is 10.1. The average Bonchev–Trinajstić information content (AvgIpc) is 3.30. The molecule has 3 aromatic rings. The quantitative estimate of drug-likeness (QED) is 0.680. The van der Waals surface area contributed by atoms with Crippen LogP contribution in [0.3, 0.4) is 0 Å². The van der Waals surface area contributed by atoms with Gasteiger partial charge < -0.3 is 5.32 Å². The lowest BCUT2D eigenvalue weighted by molar-refractivity contribution is -0.115. The third kappa shape index (κ3) is 4.99. The van der Waals surface area contributed by atoms with Crippen LogP contribution in [0.1, 0.15) is 36.7 Å². The molecule has 0 aliphatic rings. The van der Waals surface area contributed by atoms with Crippen LogP contribution in [-0.4, -0.2) is 28.6 Å². The SMILES string of the molecule is CC(C)(C)c1ccc(C(=O)NCC(=O)Nc2nnc(-c3cccs3)s2)cc1. The molecule has 6 nitrogen and oxygen atoms in total. The van der Waals surface area contributed by atoms with Gasteiger partial charge >= 0.3 is 0 Å². The summed E-state index contributed by atoms with van der Waals surface area (Å²) in [5, 5.41) is 16.4. The molecule has 2 heterocycles. The predicted molar refractivity (Wildman–Crippen MR) is 109 cm³/mol. The number of carbonyl (C=O) groups is 2. The van der Waals surface area contributed by atoms with E-state index < -0.39 is 0 Å². The second-order valence-corrected chi connectivity index (χ2v) is 8.87. The Hall–Kier alpha value is -2.58. The lowest BCUT2D eigenvalue weighted by atomic mass is 9.87. The molecule has 0 radical (unpaired) electrons. The van der Waals surface area contributed by atoms with Gasteiger partial charge in [0.1, 0.15) is 0 Å². The zero-order valence-corrected chi connectivity index (χ0v) is 16.9. The first kappa shape index (κ1) is 19.2. The predicted octanol–water partition coefficient (Wildman–Crippen LogP) is 3.93. The second kappa shape index (κ2) is 7.98. The van der Waals surface area contributed by atoms with Crippen molar-refractivity contribution < 1.29 is 9.59 Å². The van der Waals surface area contributed by atoms with Crippen molar-refractivity contribution in [2.45, 2.75) is 26.2 Å². The van der Waals surface area contributed by atoms with E-state index in [0.29, 0.717) is 10.7 Å². The number of thiophene rings is 1. The van der Waals surface area contributed by atoms with Crippen LogP contribution >= 0.6 is 22.7 Å². The van der Waals surface area contributed by atoms with Crippen LogP contribution in [-0.2, 0) is 10.2 Å². The van der Waals surface area contributed by atoms with Gasteiger partial charge in [-0.3, -0.25) is 14.9 Å². The highest BCUT2D eigenvalue weighted by atomic mass is 32.1. The van der Waals surface area contributed by atoms with Crippen molar-refractivity contribution in [3.63, 3.8) is 0 Å². The molecular formula is C19H20N4O2S2. The molecule has 27 heavy (non-hydrogen) atoms. The summed E-state index contributed by atoms with van der Waals surface area (Å²) in [5.41, 5.74) is 1.69. The van der Waals surface area contributed by atoms with E-state index in [4.69, 9.17) is 0 Å². The highest BCUT2D eigenvalue weighted by molar-refractivity contribution is 7.23. The summed E-state index contributed by atoms with van der Waals surface area (Å²) in [6.45, 7) is 6.21. The van der Waals surface area contributed by atoms with Crippen LogP contribution in [0, 0.1) is 0 Å². The monoisotopic (exact) mass is 400 g/mol. The van der Waals surface area contributed by atoms with Gasteiger partial charge in [-0.2, -0.15) is 0 Å². The lowest BCUT2D eigenvalue weighted by Gasteiger charge is -2.19. The summed E-state index contributed by atoms with van der Waals surface area (Å²) in [4.78, 5) is 25.3. The van der Waals surface area contributed by atoms with E-state index in [1.165, 1.54) is 11.3 Å².